The molecule has 0 amide bonds. The Labute approximate surface area is 109 Å². The third-order valence-electron chi connectivity index (χ3n) is 3.40. The molecule has 3 heteroatoms. The molecule has 0 saturated carbocycles. The molecule has 2 atom stereocenters. The van der Waals surface area contributed by atoms with Crippen molar-refractivity contribution in [1.82, 2.24) is 5.32 Å². The van der Waals surface area contributed by atoms with Gasteiger partial charge in [-0.15, -0.1) is 0 Å². The minimum Gasteiger partial charge on any atom is -0.488 e. The highest BCUT2D eigenvalue weighted by Gasteiger charge is 2.24. The molecule has 1 aromatic rings. The van der Waals surface area contributed by atoms with E-state index in [4.69, 9.17) is 4.74 Å². The largest absolute Gasteiger partial charge is 0.488 e. The summed E-state index contributed by atoms with van der Waals surface area (Å²) in [6, 6.07) is 8.19. The predicted octanol–water partition coefficient (Wildman–Crippen LogP) is 2.09. The van der Waals surface area contributed by atoms with Gasteiger partial charge in [0.05, 0.1) is 0 Å². The summed E-state index contributed by atoms with van der Waals surface area (Å²) in [4.78, 5) is 0. The van der Waals surface area contributed by atoms with Gasteiger partial charge in [-0.25, -0.2) is 0 Å². The number of β-amino-alcohol motifs (C(OH)–C–C–N with tert-alkyl or cyclic N) is 1. The maximum absolute atomic E-state index is 9.83. The number of hydrogen-bond acceptors (Lipinski definition) is 3. The average Bonchev–Trinajstić information content (AvgIpc) is 2.32. The van der Waals surface area contributed by atoms with Crippen LogP contribution in [0.1, 0.15) is 32.8 Å². The highest BCUT2D eigenvalue weighted by atomic mass is 16.5. The van der Waals surface area contributed by atoms with E-state index >= 15 is 0 Å². The van der Waals surface area contributed by atoms with Crippen molar-refractivity contribution in [3.8, 4) is 5.75 Å². The van der Waals surface area contributed by atoms with Gasteiger partial charge >= 0.3 is 0 Å². The molecule has 2 rings (SSSR count). The van der Waals surface area contributed by atoms with Crippen LogP contribution >= 0.6 is 0 Å². The van der Waals surface area contributed by atoms with E-state index in [2.05, 4.69) is 38.2 Å². The third-order valence-corrected chi connectivity index (χ3v) is 3.40. The molecule has 0 bridgehead atoms. The van der Waals surface area contributed by atoms with E-state index in [-0.39, 0.29) is 11.5 Å². The maximum atomic E-state index is 9.83. The maximum Gasteiger partial charge on any atom is 0.127 e. The monoisotopic (exact) mass is 249 g/mol. The van der Waals surface area contributed by atoms with E-state index in [1.54, 1.807) is 0 Å². The Morgan fingerprint density at radius 2 is 1.89 bits per heavy atom. The van der Waals surface area contributed by atoms with E-state index in [1.165, 1.54) is 5.56 Å². The van der Waals surface area contributed by atoms with Gasteiger partial charge in [-0.05, 0) is 36.1 Å². The van der Waals surface area contributed by atoms with E-state index in [0.717, 1.165) is 18.7 Å². The molecule has 0 aliphatic carbocycles. The summed E-state index contributed by atoms with van der Waals surface area (Å²) in [5, 5.41) is 13.0. The van der Waals surface area contributed by atoms with Gasteiger partial charge in [0.1, 0.15) is 18.0 Å². The van der Waals surface area contributed by atoms with Gasteiger partial charge in [-0.1, -0.05) is 32.9 Å². The van der Waals surface area contributed by atoms with E-state index in [0.29, 0.717) is 6.54 Å². The van der Waals surface area contributed by atoms with E-state index in [1.807, 2.05) is 12.1 Å². The van der Waals surface area contributed by atoms with E-state index in [9.17, 15) is 5.11 Å². The topological polar surface area (TPSA) is 41.5 Å². The Hall–Kier alpha value is -1.06. The summed E-state index contributed by atoms with van der Waals surface area (Å²) in [5.74, 6) is 0.842. The summed E-state index contributed by atoms with van der Waals surface area (Å²) in [7, 11) is 0. The fourth-order valence-electron chi connectivity index (χ4n) is 2.16. The summed E-state index contributed by atoms with van der Waals surface area (Å²) < 4.78 is 5.85. The van der Waals surface area contributed by atoms with Crippen LogP contribution in [0.4, 0.5) is 0 Å². The first-order chi connectivity index (χ1) is 8.47. The van der Waals surface area contributed by atoms with Gasteiger partial charge in [0.15, 0.2) is 0 Å². The van der Waals surface area contributed by atoms with E-state index < -0.39 is 6.10 Å². The lowest BCUT2D eigenvalue weighted by atomic mass is 9.87. The zero-order valence-electron chi connectivity index (χ0n) is 11.4. The highest BCUT2D eigenvalue weighted by molar-refractivity contribution is 5.31. The first kappa shape index (κ1) is 13.4. The van der Waals surface area contributed by atoms with Crippen LogP contribution in [-0.2, 0) is 5.41 Å². The fraction of sp³-hybridized carbons (Fsp3) is 0.600. The molecule has 3 nitrogen and oxygen atoms in total. The molecule has 18 heavy (non-hydrogen) atoms. The van der Waals surface area contributed by atoms with Crippen LogP contribution in [-0.4, -0.2) is 30.4 Å². The number of hydrogen-bond donors (Lipinski definition) is 2. The minimum atomic E-state index is -0.416. The number of rotatable bonds is 2. The molecule has 1 aliphatic rings. The molecular formula is C15H23NO2. The lowest BCUT2D eigenvalue weighted by Crippen LogP contribution is -2.46. The van der Waals surface area contributed by atoms with Crippen molar-refractivity contribution in [3.05, 3.63) is 29.8 Å². The van der Waals surface area contributed by atoms with Gasteiger partial charge in [0.25, 0.3) is 0 Å². The second-order valence-corrected chi connectivity index (χ2v) is 5.99. The van der Waals surface area contributed by atoms with Crippen LogP contribution in [0.3, 0.4) is 0 Å². The zero-order valence-corrected chi connectivity index (χ0v) is 11.4. The normalized spacial score (nSPS) is 24.9. The Balaban J connectivity index is 2.02. The molecule has 100 valence electrons. The molecular weight excluding hydrogens is 226 g/mol. The summed E-state index contributed by atoms with van der Waals surface area (Å²) in [6.07, 6.45) is 0.343. The van der Waals surface area contributed by atoms with Crippen molar-refractivity contribution < 1.29 is 9.84 Å². The van der Waals surface area contributed by atoms with Gasteiger partial charge in [0.2, 0.25) is 0 Å². The van der Waals surface area contributed by atoms with Gasteiger partial charge < -0.3 is 15.2 Å². The van der Waals surface area contributed by atoms with Crippen LogP contribution in [0.15, 0.2) is 24.3 Å². The molecule has 0 unspecified atom stereocenters. The number of benzene rings is 1. The first-order valence-electron chi connectivity index (χ1n) is 6.63. The molecule has 1 heterocycles. The minimum absolute atomic E-state index is 0.0910. The van der Waals surface area contributed by atoms with Crippen molar-refractivity contribution in [1.29, 1.82) is 0 Å². The Bertz CT molecular complexity index is 380. The SMILES string of the molecule is CC(C)(C)c1ccc(O[C@@H]2CCNC[C@H]2O)cc1. The highest BCUT2D eigenvalue weighted by Crippen LogP contribution is 2.25. The van der Waals surface area contributed by atoms with Gasteiger partial charge in [-0.2, -0.15) is 0 Å². The molecule has 0 spiro atoms. The lowest BCUT2D eigenvalue weighted by Gasteiger charge is -2.29. The standard InChI is InChI=1S/C15H23NO2/c1-15(2,3)11-4-6-12(7-5-11)18-14-8-9-16-10-13(14)17/h4-7,13-14,16-17H,8-10H2,1-3H3/t13-,14-/m1/s1. The molecule has 1 fully saturated rings. The molecule has 0 radical (unpaired) electrons. The summed E-state index contributed by atoms with van der Waals surface area (Å²) in [5.41, 5.74) is 1.45. The number of piperidine rings is 1. The quantitative estimate of drug-likeness (QED) is 0.843. The predicted molar refractivity (Wildman–Crippen MR) is 73.1 cm³/mol. The van der Waals surface area contributed by atoms with Crippen LogP contribution in [0.2, 0.25) is 0 Å². The van der Waals surface area contributed by atoms with Gasteiger partial charge in [-0.3, -0.25) is 0 Å². The Kier molecular flexibility index (Phi) is 3.93. The Morgan fingerprint density at radius 1 is 1.22 bits per heavy atom. The second kappa shape index (κ2) is 5.29. The van der Waals surface area contributed by atoms with Crippen molar-refractivity contribution in [2.75, 3.05) is 13.1 Å². The fourth-order valence-corrected chi connectivity index (χ4v) is 2.16. The van der Waals surface area contributed by atoms with Gasteiger partial charge in [0, 0.05) is 6.54 Å². The van der Waals surface area contributed by atoms with Crippen LogP contribution < -0.4 is 10.1 Å². The number of aliphatic hydroxyl groups excluding tert-OH is 1. The van der Waals surface area contributed by atoms with Crippen LogP contribution in [0.5, 0.6) is 5.75 Å². The number of nitrogens with one attached hydrogen (secondary N) is 1. The van der Waals surface area contributed by atoms with Crippen molar-refractivity contribution >= 4 is 0 Å². The smallest absolute Gasteiger partial charge is 0.127 e. The van der Waals surface area contributed by atoms with Crippen molar-refractivity contribution in [3.63, 3.8) is 0 Å². The van der Waals surface area contributed by atoms with Crippen LogP contribution in [0.25, 0.3) is 0 Å². The summed E-state index contributed by atoms with van der Waals surface area (Å²) >= 11 is 0. The molecule has 1 saturated heterocycles. The number of ether oxygens (including phenoxy) is 1. The summed E-state index contributed by atoms with van der Waals surface area (Å²) in [6.45, 7) is 8.10. The lowest BCUT2D eigenvalue weighted by molar-refractivity contribution is 0.0162. The third kappa shape index (κ3) is 3.24. The molecule has 1 aliphatic heterocycles. The van der Waals surface area contributed by atoms with Crippen LogP contribution in [0, 0.1) is 0 Å². The molecule has 2 N–H and O–H groups in total. The second-order valence-electron chi connectivity index (χ2n) is 5.99. The molecule has 1 aromatic carbocycles. The average molecular weight is 249 g/mol. The number of aliphatic hydroxyl groups is 1. The van der Waals surface area contributed by atoms with Crippen molar-refractivity contribution in [2.24, 2.45) is 0 Å². The Morgan fingerprint density at radius 3 is 2.44 bits per heavy atom. The van der Waals surface area contributed by atoms with Crippen molar-refractivity contribution in [2.45, 2.75) is 44.8 Å². The molecule has 0 aromatic heterocycles. The first-order valence-corrected chi connectivity index (χ1v) is 6.63. The zero-order chi connectivity index (χ0) is 13.2.